The van der Waals surface area contributed by atoms with Gasteiger partial charge in [0, 0.05) is 30.7 Å². The van der Waals surface area contributed by atoms with E-state index in [1.165, 1.54) is 34.1 Å². The third-order valence-electron chi connectivity index (χ3n) is 5.87. The van der Waals surface area contributed by atoms with Crippen molar-refractivity contribution >= 4 is 21.6 Å². The molecule has 150 valence electrons. The third kappa shape index (κ3) is 3.54. The van der Waals surface area contributed by atoms with E-state index in [2.05, 4.69) is 13.0 Å². The molecule has 4 rings (SSSR count). The van der Waals surface area contributed by atoms with Crippen molar-refractivity contribution in [2.75, 3.05) is 18.0 Å². The van der Waals surface area contributed by atoms with Gasteiger partial charge in [-0.1, -0.05) is 18.2 Å². The maximum absolute atomic E-state index is 13.2. The van der Waals surface area contributed by atoms with Crippen LogP contribution in [0.25, 0.3) is 0 Å². The highest BCUT2D eigenvalue weighted by Crippen LogP contribution is 2.35. The van der Waals surface area contributed by atoms with Gasteiger partial charge in [-0.2, -0.15) is 9.57 Å². The van der Waals surface area contributed by atoms with Gasteiger partial charge in [-0.25, -0.2) is 8.42 Å². The lowest BCUT2D eigenvalue weighted by molar-refractivity contribution is -0.123. The number of benzene rings is 2. The lowest BCUT2D eigenvalue weighted by Crippen LogP contribution is -2.46. The number of carbonyl (C=O) groups excluding carboxylic acids is 1. The van der Waals surface area contributed by atoms with Crippen molar-refractivity contribution in [1.29, 1.82) is 5.26 Å². The monoisotopic (exact) mass is 409 g/mol. The topological polar surface area (TPSA) is 81.5 Å². The minimum absolute atomic E-state index is 0.0953. The molecule has 29 heavy (non-hydrogen) atoms. The number of carbonyl (C=O) groups is 1. The molecular weight excluding hydrogens is 386 g/mol. The second kappa shape index (κ2) is 7.62. The zero-order valence-corrected chi connectivity index (χ0v) is 17.1. The van der Waals surface area contributed by atoms with Crippen LogP contribution in [-0.2, 0) is 21.2 Å². The van der Waals surface area contributed by atoms with E-state index >= 15 is 0 Å². The van der Waals surface area contributed by atoms with E-state index in [9.17, 15) is 13.2 Å². The van der Waals surface area contributed by atoms with Crippen LogP contribution in [0.1, 0.15) is 30.9 Å². The van der Waals surface area contributed by atoms with Crippen LogP contribution in [0.15, 0.2) is 53.4 Å². The number of hydrogen-bond donors (Lipinski definition) is 0. The zero-order valence-electron chi connectivity index (χ0n) is 16.3. The standard InChI is InChI=1S/C22H23N3O3S/c1-16-14-19-4-2-3-5-21(19)25(16)22(26)18-10-12-24(13-11-18)29(27,28)20-8-6-17(15-23)7-9-20/h2-9,16,18H,10-14H2,1H3. The molecule has 1 atom stereocenters. The summed E-state index contributed by atoms with van der Waals surface area (Å²) in [5.74, 6) is -0.0751. The summed E-state index contributed by atoms with van der Waals surface area (Å²) in [4.78, 5) is 15.3. The van der Waals surface area contributed by atoms with Crippen molar-refractivity contribution in [1.82, 2.24) is 4.31 Å². The van der Waals surface area contributed by atoms with Crippen molar-refractivity contribution in [3.05, 3.63) is 59.7 Å². The van der Waals surface area contributed by atoms with Crippen molar-refractivity contribution in [3.63, 3.8) is 0 Å². The van der Waals surface area contributed by atoms with E-state index in [0.29, 0.717) is 31.5 Å². The number of para-hydroxylation sites is 1. The van der Waals surface area contributed by atoms with E-state index in [0.717, 1.165) is 12.1 Å². The highest BCUT2D eigenvalue weighted by molar-refractivity contribution is 7.89. The quantitative estimate of drug-likeness (QED) is 0.781. The molecule has 0 radical (unpaired) electrons. The van der Waals surface area contributed by atoms with Crippen LogP contribution in [-0.4, -0.2) is 37.8 Å². The molecule has 2 aromatic rings. The van der Waals surface area contributed by atoms with E-state index < -0.39 is 10.0 Å². The van der Waals surface area contributed by atoms with Crippen LogP contribution in [0.4, 0.5) is 5.69 Å². The number of rotatable bonds is 3. The molecule has 0 aromatic heterocycles. The van der Waals surface area contributed by atoms with Crippen molar-refractivity contribution < 1.29 is 13.2 Å². The average Bonchev–Trinajstić information content (AvgIpc) is 3.09. The second-order valence-corrected chi connectivity index (χ2v) is 9.64. The Morgan fingerprint density at radius 2 is 1.72 bits per heavy atom. The summed E-state index contributed by atoms with van der Waals surface area (Å²) in [6, 6.07) is 16.1. The first kappa shape index (κ1) is 19.6. The van der Waals surface area contributed by atoms with E-state index in [-0.39, 0.29) is 22.8 Å². The molecule has 2 aromatic carbocycles. The van der Waals surface area contributed by atoms with Gasteiger partial charge in [0.05, 0.1) is 16.5 Å². The molecule has 2 aliphatic heterocycles. The van der Waals surface area contributed by atoms with Gasteiger partial charge in [0.2, 0.25) is 15.9 Å². The second-order valence-electron chi connectivity index (χ2n) is 7.70. The first-order valence-electron chi connectivity index (χ1n) is 9.83. The fourth-order valence-corrected chi connectivity index (χ4v) is 5.76. The predicted octanol–water partition coefficient (Wildman–Crippen LogP) is 2.94. The van der Waals surface area contributed by atoms with Crippen molar-refractivity contribution in [2.24, 2.45) is 5.92 Å². The Labute approximate surface area is 171 Å². The summed E-state index contributed by atoms with van der Waals surface area (Å²) in [6.07, 6.45) is 1.88. The molecule has 0 aliphatic carbocycles. The molecule has 2 aliphatic rings. The normalized spacial score (nSPS) is 20.3. The summed E-state index contributed by atoms with van der Waals surface area (Å²) >= 11 is 0. The summed E-state index contributed by atoms with van der Waals surface area (Å²) < 4.78 is 27.2. The van der Waals surface area contributed by atoms with Gasteiger partial charge in [-0.05, 0) is 62.1 Å². The molecule has 1 saturated heterocycles. The fourth-order valence-electron chi connectivity index (χ4n) is 4.29. The minimum atomic E-state index is -3.62. The highest BCUT2D eigenvalue weighted by atomic mass is 32.2. The van der Waals surface area contributed by atoms with E-state index in [1.54, 1.807) is 0 Å². The Balaban J connectivity index is 1.45. The Morgan fingerprint density at radius 3 is 2.38 bits per heavy atom. The van der Waals surface area contributed by atoms with Crippen LogP contribution in [0.3, 0.4) is 0 Å². The van der Waals surface area contributed by atoms with E-state index in [4.69, 9.17) is 5.26 Å². The molecule has 2 heterocycles. The number of anilines is 1. The summed E-state index contributed by atoms with van der Waals surface area (Å²) in [5, 5.41) is 8.89. The Morgan fingerprint density at radius 1 is 1.07 bits per heavy atom. The average molecular weight is 410 g/mol. The first-order chi connectivity index (χ1) is 13.9. The van der Waals surface area contributed by atoms with Crippen LogP contribution >= 0.6 is 0 Å². The third-order valence-corrected chi connectivity index (χ3v) is 7.78. The van der Waals surface area contributed by atoms with Gasteiger partial charge in [0.25, 0.3) is 0 Å². The van der Waals surface area contributed by atoms with Gasteiger partial charge in [-0.3, -0.25) is 4.79 Å². The number of amides is 1. The zero-order chi connectivity index (χ0) is 20.6. The molecule has 1 amide bonds. The number of sulfonamides is 1. The summed E-state index contributed by atoms with van der Waals surface area (Å²) in [6.45, 7) is 2.70. The number of hydrogen-bond acceptors (Lipinski definition) is 4. The van der Waals surface area contributed by atoms with Gasteiger partial charge in [0.1, 0.15) is 0 Å². The molecule has 0 saturated carbocycles. The fraction of sp³-hybridized carbons (Fsp3) is 0.364. The molecular formula is C22H23N3O3S. The number of fused-ring (bicyclic) bond motifs is 1. The SMILES string of the molecule is CC1Cc2ccccc2N1C(=O)C1CCN(S(=O)(=O)c2ccc(C#N)cc2)CC1. The highest BCUT2D eigenvalue weighted by Gasteiger charge is 2.38. The summed E-state index contributed by atoms with van der Waals surface area (Å²) in [7, 11) is -3.62. The minimum Gasteiger partial charge on any atom is -0.309 e. The van der Waals surface area contributed by atoms with Gasteiger partial charge >= 0.3 is 0 Å². The molecule has 0 bridgehead atoms. The lowest BCUT2D eigenvalue weighted by Gasteiger charge is -2.34. The molecule has 6 nitrogen and oxygen atoms in total. The van der Waals surface area contributed by atoms with Crippen LogP contribution in [0.2, 0.25) is 0 Å². The summed E-state index contributed by atoms with van der Waals surface area (Å²) in [5.41, 5.74) is 2.60. The maximum Gasteiger partial charge on any atom is 0.243 e. The van der Waals surface area contributed by atoms with Gasteiger partial charge < -0.3 is 4.90 Å². The number of nitrogens with zero attached hydrogens (tertiary/aromatic N) is 3. The maximum atomic E-state index is 13.2. The van der Waals surface area contributed by atoms with Crippen molar-refractivity contribution in [2.45, 2.75) is 37.1 Å². The Bertz CT molecular complexity index is 1070. The van der Waals surface area contributed by atoms with Gasteiger partial charge in [-0.15, -0.1) is 0 Å². The molecule has 1 unspecified atom stereocenters. The van der Waals surface area contributed by atoms with Crippen LogP contribution in [0.5, 0.6) is 0 Å². The first-order valence-corrected chi connectivity index (χ1v) is 11.3. The van der Waals surface area contributed by atoms with Gasteiger partial charge in [0.15, 0.2) is 0 Å². The predicted molar refractivity (Wildman–Crippen MR) is 110 cm³/mol. The lowest BCUT2D eigenvalue weighted by atomic mass is 9.96. The van der Waals surface area contributed by atoms with Crippen molar-refractivity contribution in [3.8, 4) is 6.07 Å². The van der Waals surface area contributed by atoms with Crippen LogP contribution < -0.4 is 4.90 Å². The van der Waals surface area contributed by atoms with E-state index in [1.807, 2.05) is 29.2 Å². The molecule has 1 fully saturated rings. The molecule has 0 spiro atoms. The Hall–Kier alpha value is -2.69. The largest absolute Gasteiger partial charge is 0.309 e. The molecule has 7 heteroatoms. The van der Waals surface area contributed by atoms with Crippen LogP contribution in [0, 0.1) is 17.2 Å². The molecule has 0 N–H and O–H groups in total. The number of piperidine rings is 1. The Kier molecular flexibility index (Phi) is 5.15. The number of nitriles is 1. The smallest absolute Gasteiger partial charge is 0.243 e.